The summed E-state index contributed by atoms with van der Waals surface area (Å²) in [5.41, 5.74) is -0.0635. The van der Waals surface area contributed by atoms with Crippen LogP contribution in [0.2, 0.25) is 0 Å². The van der Waals surface area contributed by atoms with Gasteiger partial charge in [-0.2, -0.15) is 8.42 Å². The fraction of sp³-hybridized carbons (Fsp3) is 0.0588. The van der Waals surface area contributed by atoms with Crippen molar-refractivity contribution >= 4 is 38.5 Å². The van der Waals surface area contributed by atoms with Gasteiger partial charge in [0.25, 0.3) is 10.1 Å². The largest absolute Gasteiger partial charge is 1.00 e. The van der Waals surface area contributed by atoms with Gasteiger partial charge in [-0.05, 0) is 30.3 Å². The number of fused-ring (bicyclic) bond motifs is 1. The number of phenols is 1. The molecule has 1 amide bonds. The fourth-order valence-corrected chi connectivity index (χ4v) is 3.33. The maximum atomic E-state index is 11.9. The summed E-state index contributed by atoms with van der Waals surface area (Å²) in [5, 5.41) is 20.7. The number of carbonyl (C=O) groups is 1. The summed E-state index contributed by atoms with van der Waals surface area (Å²) >= 11 is 0. The van der Waals surface area contributed by atoms with Gasteiger partial charge >= 0.3 is 57.5 Å². The summed E-state index contributed by atoms with van der Waals surface area (Å²) < 4.78 is 37.4. The van der Waals surface area contributed by atoms with Crippen LogP contribution in [0.4, 0.5) is 16.2 Å². The van der Waals surface area contributed by atoms with Crippen LogP contribution in [0, 0.1) is 0 Å². The fourth-order valence-electron chi connectivity index (χ4n) is 2.66. The molecule has 3 rings (SSSR count). The molecule has 0 radical (unpaired) electrons. The Bertz CT molecular complexity index is 1160. The zero-order valence-corrected chi connectivity index (χ0v) is 18.8. The third-order valence-electron chi connectivity index (χ3n) is 3.84. The first-order valence-electron chi connectivity index (χ1n) is 7.49. The van der Waals surface area contributed by atoms with E-state index in [1.54, 1.807) is 18.2 Å². The van der Waals surface area contributed by atoms with Crippen molar-refractivity contribution in [1.82, 2.24) is 4.98 Å². The van der Waals surface area contributed by atoms with Crippen LogP contribution < -0.4 is 61.0 Å². The van der Waals surface area contributed by atoms with E-state index in [0.717, 1.165) is 6.07 Å². The smallest absolute Gasteiger partial charge is 1.00 e. The summed E-state index contributed by atoms with van der Waals surface area (Å²) in [5.74, 6) is -0.546. The number of rotatable bonds is 4. The maximum Gasteiger partial charge on any atom is 1.00 e. The molecular formula is C17H15KN2O7S. The zero-order chi connectivity index (χ0) is 19.8. The van der Waals surface area contributed by atoms with Crippen LogP contribution >= 0.6 is 0 Å². The molecule has 0 aliphatic heterocycles. The second kappa shape index (κ2) is 8.74. The van der Waals surface area contributed by atoms with Crippen molar-refractivity contribution in [3.05, 3.63) is 48.7 Å². The molecule has 2 aromatic carbocycles. The molecule has 0 saturated heterocycles. The van der Waals surface area contributed by atoms with Crippen LogP contribution in [0.5, 0.6) is 11.5 Å². The van der Waals surface area contributed by atoms with Gasteiger partial charge in [-0.3, -0.25) is 9.54 Å². The molecule has 142 valence electrons. The molecule has 28 heavy (non-hydrogen) atoms. The van der Waals surface area contributed by atoms with E-state index in [4.69, 9.17) is 4.74 Å². The molecular weight excluding hydrogens is 415 g/mol. The van der Waals surface area contributed by atoms with Crippen molar-refractivity contribution in [3.8, 4) is 11.5 Å². The topological polar surface area (TPSA) is 137 Å². The van der Waals surface area contributed by atoms with Crippen molar-refractivity contribution in [2.24, 2.45) is 0 Å². The Morgan fingerprint density at radius 3 is 2.54 bits per heavy atom. The van der Waals surface area contributed by atoms with E-state index in [0.29, 0.717) is 10.3 Å². The van der Waals surface area contributed by atoms with Gasteiger partial charge in [-0.1, -0.05) is 12.1 Å². The van der Waals surface area contributed by atoms with Crippen LogP contribution in [0.3, 0.4) is 0 Å². The number of pyridine rings is 1. The summed E-state index contributed by atoms with van der Waals surface area (Å²) in [6.07, 6.45) is -0.0344. The number of hydrogen-bond acceptors (Lipinski definition) is 6. The standard InChI is InChI=1S/C17H14N2O7S.K.H/c1-26-13-7-5-11(9-14(13)27(23,24)25)19(17(21)22)12-6-4-10-3-2-8-18-15(10)16(12)20;;/h2-9,20H,1H3,(H,21,22)(H,23,24,25);;/q;+1;-1. The van der Waals surface area contributed by atoms with E-state index in [1.807, 2.05) is 0 Å². The average molecular weight is 430 g/mol. The monoisotopic (exact) mass is 430 g/mol. The first-order chi connectivity index (χ1) is 12.7. The summed E-state index contributed by atoms with van der Waals surface area (Å²) in [6, 6.07) is 9.71. The number of ether oxygens (including phenoxy) is 1. The molecule has 0 atom stereocenters. The van der Waals surface area contributed by atoms with Gasteiger partial charge in [-0.15, -0.1) is 0 Å². The minimum Gasteiger partial charge on any atom is -1.00 e. The number of hydrogen-bond donors (Lipinski definition) is 3. The molecule has 3 aromatic rings. The van der Waals surface area contributed by atoms with Gasteiger partial charge in [0.15, 0.2) is 5.75 Å². The molecule has 0 fully saturated rings. The van der Waals surface area contributed by atoms with Gasteiger partial charge < -0.3 is 16.4 Å². The van der Waals surface area contributed by atoms with Crippen LogP contribution in [-0.2, 0) is 10.1 Å². The second-order valence-corrected chi connectivity index (χ2v) is 6.83. The predicted octanol–water partition coefficient (Wildman–Crippen LogP) is 0.128. The van der Waals surface area contributed by atoms with E-state index < -0.39 is 21.1 Å². The minimum absolute atomic E-state index is 0. The number of methoxy groups -OCH3 is 1. The number of aromatic hydroxyl groups is 1. The summed E-state index contributed by atoms with van der Waals surface area (Å²) in [7, 11) is -3.47. The number of anilines is 2. The molecule has 1 heterocycles. The van der Waals surface area contributed by atoms with Gasteiger partial charge in [0, 0.05) is 11.6 Å². The molecule has 0 spiro atoms. The maximum absolute atomic E-state index is 11.9. The van der Waals surface area contributed by atoms with Crippen LogP contribution in [-0.4, -0.2) is 41.4 Å². The third-order valence-corrected chi connectivity index (χ3v) is 4.72. The van der Waals surface area contributed by atoms with Crippen molar-refractivity contribution in [3.63, 3.8) is 0 Å². The molecule has 0 aliphatic carbocycles. The van der Waals surface area contributed by atoms with E-state index in [1.165, 1.54) is 31.5 Å². The normalized spacial score (nSPS) is 10.9. The molecule has 1 aromatic heterocycles. The summed E-state index contributed by atoms with van der Waals surface area (Å²) in [6.45, 7) is 0. The van der Waals surface area contributed by atoms with E-state index >= 15 is 0 Å². The molecule has 0 unspecified atom stereocenters. The van der Waals surface area contributed by atoms with E-state index in [2.05, 4.69) is 4.98 Å². The molecule has 3 N–H and O–H groups in total. The van der Waals surface area contributed by atoms with E-state index in [-0.39, 0.29) is 81.2 Å². The van der Waals surface area contributed by atoms with Gasteiger partial charge in [0.05, 0.1) is 18.5 Å². The van der Waals surface area contributed by atoms with Crippen LogP contribution in [0.15, 0.2) is 53.6 Å². The third kappa shape index (κ3) is 4.30. The first kappa shape index (κ1) is 22.6. The van der Waals surface area contributed by atoms with E-state index in [9.17, 15) is 28.0 Å². The SMILES string of the molecule is COc1ccc(N(C(=O)O)c2ccc3cccnc3c2O)cc1S(=O)(=O)O.[H-].[K+]. The van der Waals surface area contributed by atoms with Gasteiger partial charge in [0.2, 0.25) is 0 Å². The average Bonchev–Trinajstić information content (AvgIpc) is 2.63. The Balaban J connectivity index is 0.00000210. The van der Waals surface area contributed by atoms with Crippen LogP contribution in [0.1, 0.15) is 1.43 Å². The number of aromatic nitrogens is 1. The second-order valence-electron chi connectivity index (χ2n) is 5.44. The van der Waals surface area contributed by atoms with Crippen LogP contribution in [0.25, 0.3) is 10.9 Å². The van der Waals surface area contributed by atoms with Crippen molar-refractivity contribution < 1.29 is 85.5 Å². The minimum atomic E-state index is -4.67. The summed E-state index contributed by atoms with van der Waals surface area (Å²) in [4.78, 5) is 16.0. The molecule has 0 aliphatic rings. The number of benzene rings is 2. The van der Waals surface area contributed by atoms with Crippen molar-refractivity contribution in [2.75, 3.05) is 12.0 Å². The van der Waals surface area contributed by atoms with Gasteiger partial charge in [-0.25, -0.2) is 9.69 Å². The number of carboxylic acid groups (broad SMARTS) is 1. The molecule has 9 nitrogen and oxygen atoms in total. The van der Waals surface area contributed by atoms with Crippen molar-refractivity contribution in [1.29, 1.82) is 0 Å². The predicted molar refractivity (Wildman–Crippen MR) is 97.5 cm³/mol. The molecule has 11 heteroatoms. The number of phenolic OH excluding ortho intramolecular Hbond substituents is 1. The Hall–Kier alpha value is -1.73. The first-order valence-corrected chi connectivity index (χ1v) is 8.93. The van der Waals surface area contributed by atoms with Crippen molar-refractivity contribution in [2.45, 2.75) is 4.90 Å². The quantitative estimate of drug-likeness (QED) is 0.392. The Morgan fingerprint density at radius 1 is 1.21 bits per heavy atom. The molecule has 0 bridgehead atoms. The number of amides is 1. The zero-order valence-electron chi connectivity index (χ0n) is 15.9. The Labute approximate surface area is 204 Å². The number of nitrogens with zero attached hydrogens (tertiary/aromatic N) is 2. The van der Waals surface area contributed by atoms with Gasteiger partial charge in [0.1, 0.15) is 16.2 Å². The molecule has 0 saturated carbocycles. The Kier molecular flexibility index (Phi) is 7.04. The Morgan fingerprint density at radius 2 is 1.93 bits per heavy atom.